The Bertz CT molecular complexity index is 385. The summed E-state index contributed by atoms with van der Waals surface area (Å²) in [6, 6.07) is 3.81. The van der Waals surface area contributed by atoms with E-state index >= 15 is 0 Å². The number of nitrogens with one attached hydrogen (secondary N) is 1. The van der Waals surface area contributed by atoms with E-state index in [4.69, 9.17) is 9.47 Å². The first-order valence-electron chi connectivity index (χ1n) is 5.98. The molecular weight excluding hydrogens is 362 g/mol. The molecule has 1 aromatic rings. The van der Waals surface area contributed by atoms with Gasteiger partial charge in [0, 0.05) is 6.54 Å². The molecule has 0 spiro atoms. The minimum Gasteiger partial charge on any atom is -0.496 e. The second-order valence-electron chi connectivity index (χ2n) is 4.05. The standard InChI is InChI=1S/C13H19Br2NO2/c1-4-5-16-8-9(2)18-13-7-10(14)12(17-3)6-11(13)15/h6-7,9,16H,4-5,8H2,1-3H3. The molecule has 0 heterocycles. The highest BCUT2D eigenvalue weighted by atomic mass is 79.9. The fourth-order valence-electron chi connectivity index (χ4n) is 1.50. The lowest BCUT2D eigenvalue weighted by Gasteiger charge is -2.17. The van der Waals surface area contributed by atoms with E-state index in [0.717, 1.165) is 40.0 Å². The van der Waals surface area contributed by atoms with Crippen molar-refractivity contribution >= 4 is 31.9 Å². The number of hydrogen-bond acceptors (Lipinski definition) is 3. The smallest absolute Gasteiger partial charge is 0.135 e. The first-order chi connectivity index (χ1) is 8.58. The van der Waals surface area contributed by atoms with Gasteiger partial charge >= 0.3 is 0 Å². The number of methoxy groups -OCH3 is 1. The van der Waals surface area contributed by atoms with Crippen molar-refractivity contribution in [1.82, 2.24) is 5.32 Å². The van der Waals surface area contributed by atoms with Crippen molar-refractivity contribution in [2.45, 2.75) is 26.4 Å². The van der Waals surface area contributed by atoms with E-state index in [9.17, 15) is 0 Å². The molecule has 1 atom stereocenters. The molecule has 1 rings (SSSR count). The largest absolute Gasteiger partial charge is 0.496 e. The van der Waals surface area contributed by atoms with Crippen LogP contribution in [0.3, 0.4) is 0 Å². The maximum atomic E-state index is 5.88. The Hall–Kier alpha value is -0.260. The molecule has 3 nitrogen and oxygen atoms in total. The minimum atomic E-state index is 0.119. The third-order valence-electron chi connectivity index (χ3n) is 2.39. The van der Waals surface area contributed by atoms with Crippen LogP contribution in [0.25, 0.3) is 0 Å². The van der Waals surface area contributed by atoms with Crippen LogP contribution in [0.15, 0.2) is 21.1 Å². The zero-order valence-electron chi connectivity index (χ0n) is 10.9. The Morgan fingerprint density at radius 2 is 1.83 bits per heavy atom. The summed E-state index contributed by atoms with van der Waals surface area (Å²) < 4.78 is 12.9. The average molecular weight is 381 g/mol. The monoisotopic (exact) mass is 379 g/mol. The van der Waals surface area contributed by atoms with Gasteiger partial charge in [-0.3, -0.25) is 0 Å². The van der Waals surface area contributed by atoms with E-state index in [1.165, 1.54) is 0 Å². The summed E-state index contributed by atoms with van der Waals surface area (Å²) in [5, 5.41) is 3.33. The number of halogens is 2. The summed E-state index contributed by atoms with van der Waals surface area (Å²) in [5.74, 6) is 1.60. The lowest BCUT2D eigenvalue weighted by atomic mass is 10.3. The Kier molecular flexibility index (Phi) is 7.04. The summed E-state index contributed by atoms with van der Waals surface area (Å²) >= 11 is 6.94. The first kappa shape index (κ1) is 15.8. The number of benzene rings is 1. The van der Waals surface area contributed by atoms with Crippen LogP contribution in [-0.2, 0) is 0 Å². The topological polar surface area (TPSA) is 30.5 Å². The Morgan fingerprint density at radius 3 is 2.44 bits per heavy atom. The van der Waals surface area contributed by atoms with Crippen LogP contribution in [0, 0.1) is 0 Å². The SMILES string of the molecule is CCCNCC(C)Oc1cc(Br)c(OC)cc1Br. The third-order valence-corrected chi connectivity index (χ3v) is 3.63. The van der Waals surface area contributed by atoms with Crippen molar-refractivity contribution in [3.05, 3.63) is 21.1 Å². The maximum absolute atomic E-state index is 5.88. The highest BCUT2D eigenvalue weighted by Gasteiger charge is 2.11. The van der Waals surface area contributed by atoms with E-state index in [1.54, 1.807) is 7.11 Å². The second-order valence-corrected chi connectivity index (χ2v) is 5.76. The molecule has 0 aromatic heterocycles. The molecule has 0 aliphatic rings. The van der Waals surface area contributed by atoms with Gasteiger partial charge in [0.1, 0.15) is 17.6 Å². The van der Waals surface area contributed by atoms with Gasteiger partial charge in [0.2, 0.25) is 0 Å². The van der Waals surface area contributed by atoms with Crippen molar-refractivity contribution in [2.24, 2.45) is 0 Å². The van der Waals surface area contributed by atoms with Gasteiger partial charge in [0.05, 0.1) is 16.1 Å². The molecule has 102 valence electrons. The molecule has 0 bridgehead atoms. The van der Waals surface area contributed by atoms with Gasteiger partial charge in [-0.25, -0.2) is 0 Å². The molecule has 1 unspecified atom stereocenters. The van der Waals surface area contributed by atoms with Crippen LogP contribution in [-0.4, -0.2) is 26.3 Å². The Balaban J connectivity index is 2.64. The van der Waals surface area contributed by atoms with Gasteiger partial charge in [-0.15, -0.1) is 0 Å². The lowest BCUT2D eigenvalue weighted by molar-refractivity contribution is 0.215. The molecule has 0 aliphatic carbocycles. The lowest BCUT2D eigenvalue weighted by Crippen LogP contribution is -2.29. The van der Waals surface area contributed by atoms with Crippen molar-refractivity contribution in [2.75, 3.05) is 20.2 Å². The van der Waals surface area contributed by atoms with Gasteiger partial charge in [-0.1, -0.05) is 6.92 Å². The summed E-state index contributed by atoms with van der Waals surface area (Å²) in [4.78, 5) is 0. The number of ether oxygens (including phenoxy) is 2. The van der Waals surface area contributed by atoms with Gasteiger partial charge in [-0.05, 0) is 63.9 Å². The second kappa shape index (κ2) is 8.02. The Labute approximate surface area is 125 Å². The summed E-state index contributed by atoms with van der Waals surface area (Å²) in [5.41, 5.74) is 0. The molecule has 0 fully saturated rings. The van der Waals surface area contributed by atoms with E-state index in [-0.39, 0.29) is 6.10 Å². The average Bonchev–Trinajstić information content (AvgIpc) is 2.33. The number of rotatable bonds is 7. The molecular formula is C13H19Br2NO2. The molecule has 18 heavy (non-hydrogen) atoms. The number of hydrogen-bond donors (Lipinski definition) is 1. The fraction of sp³-hybridized carbons (Fsp3) is 0.538. The molecule has 0 saturated carbocycles. The summed E-state index contributed by atoms with van der Waals surface area (Å²) in [7, 11) is 1.64. The van der Waals surface area contributed by atoms with E-state index in [2.05, 4.69) is 44.1 Å². The fourth-order valence-corrected chi connectivity index (χ4v) is 2.40. The highest BCUT2D eigenvalue weighted by Crippen LogP contribution is 2.36. The van der Waals surface area contributed by atoms with Crippen molar-refractivity contribution in [1.29, 1.82) is 0 Å². The summed E-state index contributed by atoms with van der Waals surface area (Å²) in [6.45, 7) is 6.05. The third kappa shape index (κ3) is 4.78. The van der Waals surface area contributed by atoms with Crippen LogP contribution < -0.4 is 14.8 Å². The van der Waals surface area contributed by atoms with Gasteiger partial charge in [-0.2, -0.15) is 0 Å². The maximum Gasteiger partial charge on any atom is 0.135 e. The Morgan fingerprint density at radius 1 is 1.22 bits per heavy atom. The zero-order valence-corrected chi connectivity index (χ0v) is 14.1. The van der Waals surface area contributed by atoms with Crippen LogP contribution >= 0.6 is 31.9 Å². The molecule has 0 aliphatic heterocycles. The van der Waals surface area contributed by atoms with Gasteiger partial charge in [0.15, 0.2) is 0 Å². The highest BCUT2D eigenvalue weighted by molar-refractivity contribution is 9.11. The van der Waals surface area contributed by atoms with Gasteiger partial charge in [0.25, 0.3) is 0 Å². The van der Waals surface area contributed by atoms with E-state index in [0.29, 0.717) is 0 Å². The van der Waals surface area contributed by atoms with Crippen LogP contribution in [0.5, 0.6) is 11.5 Å². The van der Waals surface area contributed by atoms with Crippen molar-refractivity contribution < 1.29 is 9.47 Å². The molecule has 0 saturated heterocycles. The predicted octanol–water partition coefficient (Wildman–Crippen LogP) is 3.99. The molecule has 0 amide bonds. The molecule has 0 radical (unpaired) electrons. The van der Waals surface area contributed by atoms with Crippen LogP contribution in [0.2, 0.25) is 0 Å². The molecule has 5 heteroatoms. The zero-order chi connectivity index (χ0) is 13.5. The molecule has 1 N–H and O–H groups in total. The van der Waals surface area contributed by atoms with Crippen LogP contribution in [0.4, 0.5) is 0 Å². The first-order valence-corrected chi connectivity index (χ1v) is 7.57. The summed E-state index contributed by atoms with van der Waals surface area (Å²) in [6.07, 6.45) is 1.25. The van der Waals surface area contributed by atoms with Gasteiger partial charge < -0.3 is 14.8 Å². The molecule has 1 aromatic carbocycles. The van der Waals surface area contributed by atoms with Crippen molar-refractivity contribution in [3.8, 4) is 11.5 Å². The van der Waals surface area contributed by atoms with E-state index in [1.807, 2.05) is 19.1 Å². The van der Waals surface area contributed by atoms with Crippen molar-refractivity contribution in [3.63, 3.8) is 0 Å². The normalized spacial score (nSPS) is 12.3. The van der Waals surface area contributed by atoms with E-state index < -0.39 is 0 Å². The quantitative estimate of drug-likeness (QED) is 0.725. The minimum absolute atomic E-state index is 0.119. The van der Waals surface area contributed by atoms with Crippen LogP contribution in [0.1, 0.15) is 20.3 Å². The predicted molar refractivity (Wildman–Crippen MR) is 81.6 cm³/mol.